The number of benzene rings is 8. The van der Waals surface area contributed by atoms with Crippen molar-refractivity contribution in [3.63, 3.8) is 0 Å². The van der Waals surface area contributed by atoms with Crippen LogP contribution in [0.1, 0.15) is 23.6 Å². The molecule has 3 heteroatoms. The monoisotopic (exact) mass is 744 g/mol. The van der Waals surface area contributed by atoms with Crippen LogP contribution in [0.25, 0.3) is 87.5 Å². The van der Waals surface area contributed by atoms with E-state index in [0.29, 0.717) is 5.82 Å². The van der Waals surface area contributed by atoms with Gasteiger partial charge >= 0.3 is 0 Å². The van der Waals surface area contributed by atoms with E-state index >= 15 is 0 Å². The molecule has 0 aliphatic heterocycles. The fourth-order valence-electron chi connectivity index (χ4n) is 8.93. The average Bonchev–Trinajstić information content (AvgIpc) is 3.80. The van der Waals surface area contributed by atoms with E-state index in [0.717, 1.165) is 28.1 Å². The predicted molar refractivity (Wildman–Crippen MR) is 240 cm³/mol. The zero-order chi connectivity index (χ0) is 37.9. The summed E-state index contributed by atoms with van der Waals surface area (Å²) in [5.41, 5.74) is 16.0. The van der Waals surface area contributed by atoms with Crippen molar-refractivity contribution >= 4 is 31.5 Å². The molecule has 0 fully saturated rings. The van der Waals surface area contributed by atoms with Crippen LogP contribution in [0, 0.1) is 0 Å². The second-order valence-electron chi connectivity index (χ2n) is 15.1. The van der Waals surface area contributed by atoms with Crippen LogP contribution in [-0.2, 0) is 5.41 Å². The van der Waals surface area contributed by atoms with Crippen LogP contribution >= 0.6 is 11.3 Å². The Bertz CT molecular complexity index is 3110. The third-order valence-corrected chi connectivity index (χ3v) is 13.0. The highest BCUT2D eigenvalue weighted by Crippen LogP contribution is 2.55. The first-order valence-corrected chi connectivity index (χ1v) is 20.3. The van der Waals surface area contributed by atoms with E-state index in [1.54, 1.807) is 0 Å². The topological polar surface area (TPSA) is 25.8 Å². The van der Waals surface area contributed by atoms with Crippen LogP contribution in [-0.4, -0.2) is 9.97 Å². The van der Waals surface area contributed by atoms with Gasteiger partial charge in [0.05, 0.1) is 11.4 Å². The highest BCUT2D eigenvalue weighted by Gasteiger charge is 2.42. The highest BCUT2D eigenvalue weighted by atomic mass is 32.1. The van der Waals surface area contributed by atoms with Gasteiger partial charge in [-0.15, -0.1) is 11.3 Å². The van der Waals surface area contributed by atoms with Crippen LogP contribution in [0.5, 0.6) is 0 Å². The largest absolute Gasteiger partial charge is 0.228 e. The molecule has 0 saturated heterocycles. The fraction of sp³-hybridized carbons (Fsp3) is 0.0370. The van der Waals surface area contributed by atoms with Gasteiger partial charge in [0.2, 0.25) is 0 Å². The smallest absolute Gasteiger partial charge is 0.160 e. The zero-order valence-electron chi connectivity index (χ0n) is 31.4. The van der Waals surface area contributed by atoms with Crippen LogP contribution in [0.4, 0.5) is 0 Å². The second kappa shape index (κ2) is 13.4. The minimum atomic E-state index is -0.283. The third-order valence-electron chi connectivity index (χ3n) is 11.8. The lowest BCUT2D eigenvalue weighted by atomic mass is 9.72. The molecule has 268 valence electrons. The Hall–Kier alpha value is -6.94. The molecule has 0 N–H and O–H groups in total. The molecule has 10 aromatic rings. The van der Waals surface area contributed by atoms with Gasteiger partial charge in [-0.2, -0.15) is 0 Å². The molecule has 1 aliphatic carbocycles. The van der Waals surface area contributed by atoms with Gasteiger partial charge in [0, 0.05) is 42.3 Å². The van der Waals surface area contributed by atoms with Crippen LogP contribution in [0.3, 0.4) is 0 Å². The Balaban J connectivity index is 0.976. The van der Waals surface area contributed by atoms with E-state index in [1.165, 1.54) is 70.2 Å². The minimum absolute atomic E-state index is 0.283. The molecule has 1 atom stereocenters. The Morgan fingerprint density at radius 1 is 0.386 bits per heavy atom. The summed E-state index contributed by atoms with van der Waals surface area (Å²) in [5.74, 6) is 0.711. The molecular formula is C54H36N2S. The SMILES string of the molecule is CC1(c2ccccc2)c2ccccc2-c2cccc(-c3ccc(-c4cc(-c5ccc(-c6ccc7sc8ccccc8c7c6)cc5)nc(-c5ccccc5)n4)cc3)c21. The summed E-state index contributed by atoms with van der Waals surface area (Å²) in [6.07, 6.45) is 0. The normalized spacial score (nSPS) is 14.5. The number of aromatic nitrogens is 2. The van der Waals surface area contributed by atoms with E-state index in [2.05, 4.69) is 189 Å². The number of fused-ring (bicyclic) bond motifs is 6. The van der Waals surface area contributed by atoms with Crippen molar-refractivity contribution in [3.05, 3.63) is 217 Å². The summed E-state index contributed by atoms with van der Waals surface area (Å²) >= 11 is 1.85. The quantitative estimate of drug-likeness (QED) is 0.169. The lowest BCUT2D eigenvalue weighted by Gasteiger charge is -2.30. The molecule has 0 amide bonds. The van der Waals surface area contributed by atoms with Crippen LogP contribution in [0.2, 0.25) is 0 Å². The molecule has 0 saturated carbocycles. The third kappa shape index (κ3) is 5.54. The van der Waals surface area contributed by atoms with E-state index < -0.39 is 0 Å². The van der Waals surface area contributed by atoms with Gasteiger partial charge in [-0.3, -0.25) is 0 Å². The fourth-order valence-corrected chi connectivity index (χ4v) is 10.0. The number of rotatable bonds is 6. The first-order valence-electron chi connectivity index (χ1n) is 19.5. The van der Waals surface area contributed by atoms with Crippen molar-refractivity contribution in [2.24, 2.45) is 0 Å². The molecule has 8 aromatic carbocycles. The Kier molecular flexibility index (Phi) is 7.84. The van der Waals surface area contributed by atoms with Crippen molar-refractivity contribution in [3.8, 4) is 67.3 Å². The van der Waals surface area contributed by atoms with E-state index in [1.807, 2.05) is 29.5 Å². The standard InChI is InChI=1S/C54H36N2S/c1-54(41-15-6-3-7-16-41)47-21-10-8-17-43(47)45-20-12-19-42(52(45)54)36-25-29-38(30-26-36)49-34-48(55-53(56-49)39-13-4-2-5-14-39)37-27-23-35(24-28-37)40-31-32-51-46(33-40)44-18-9-11-22-50(44)57-51/h2-34H,1H3. The van der Waals surface area contributed by atoms with Gasteiger partial charge in [-0.1, -0.05) is 176 Å². The van der Waals surface area contributed by atoms with Gasteiger partial charge < -0.3 is 0 Å². The summed E-state index contributed by atoms with van der Waals surface area (Å²) in [6, 6.07) is 72.2. The van der Waals surface area contributed by atoms with Gasteiger partial charge in [0.25, 0.3) is 0 Å². The maximum absolute atomic E-state index is 5.15. The molecule has 0 spiro atoms. The maximum atomic E-state index is 5.15. The molecule has 1 unspecified atom stereocenters. The number of hydrogen-bond donors (Lipinski definition) is 0. The number of thiophene rings is 1. The van der Waals surface area contributed by atoms with E-state index in [-0.39, 0.29) is 5.41 Å². The van der Waals surface area contributed by atoms with Crippen LogP contribution in [0.15, 0.2) is 200 Å². The molecule has 2 aromatic heterocycles. The molecular weight excluding hydrogens is 709 g/mol. The lowest BCUT2D eigenvalue weighted by Crippen LogP contribution is -2.23. The minimum Gasteiger partial charge on any atom is -0.228 e. The summed E-state index contributed by atoms with van der Waals surface area (Å²) in [7, 11) is 0. The second-order valence-corrected chi connectivity index (χ2v) is 16.1. The summed E-state index contributed by atoms with van der Waals surface area (Å²) in [4.78, 5) is 10.3. The van der Waals surface area contributed by atoms with Crippen molar-refractivity contribution in [1.82, 2.24) is 9.97 Å². The molecule has 57 heavy (non-hydrogen) atoms. The van der Waals surface area contributed by atoms with Gasteiger partial charge in [0.1, 0.15) is 0 Å². The van der Waals surface area contributed by atoms with Crippen molar-refractivity contribution in [2.75, 3.05) is 0 Å². The van der Waals surface area contributed by atoms with Crippen molar-refractivity contribution in [1.29, 1.82) is 0 Å². The highest BCUT2D eigenvalue weighted by molar-refractivity contribution is 7.25. The predicted octanol–water partition coefficient (Wildman–Crippen LogP) is 14.5. The van der Waals surface area contributed by atoms with Gasteiger partial charge in [-0.05, 0) is 81.3 Å². The summed E-state index contributed by atoms with van der Waals surface area (Å²) in [6.45, 7) is 2.38. The first-order chi connectivity index (χ1) is 28.1. The molecule has 11 rings (SSSR count). The Morgan fingerprint density at radius 2 is 0.947 bits per heavy atom. The van der Waals surface area contributed by atoms with Crippen LogP contribution < -0.4 is 0 Å². The average molecular weight is 745 g/mol. The van der Waals surface area contributed by atoms with Crippen molar-refractivity contribution in [2.45, 2.75) is 12.3 Å². The summed E-state index contributed by atoms with van der Waals surface area (Å²) < 4.78 is 2.64. The Morgan fingerprint density at radius 3 is 1.70 bits per heavy atom. The molecule has 1 aliphatic rings. The van der Waals surface area contributed by atoms with E-state index in [4.69, 9.17) is 9.97 Å². The molecule has 0 radical (unpaired) electrons. The Labute approximate surface area is 336 Å². The number of hydrogen-bond acceptors (Lipinski definition) is 3. The van der Waals surface area contributed by atoms with E-state index in [9.17, 15) is 0 Å². The van der Waals surface area contributed by atoms with Crippen molar-refractivity contribution < 1.29 is 0 Å². The maximum Gasteiger partial charge on any atom is 0.160 e. The number of nitrogens with zero attached hydrogens (tertiary/aromatic N) is 2. The molecule has 2 nitrogen and oxygen atoms in total. The zero-order valence-corrected chi connectivity index (χ0v) is 32.2. The summed E-state index contributed by atoms with van der Waals surface area (Å²) in [5, 5.41) is 2.62. The lowest BCUT2D eigenvalue weighted by molar-refractivity contribution is 0.716. The van der Waals surface area contributed by atoms with Gasteiger partial charge in [0.15, 0.2) is 5.82 Å². The molecule has 0 bridgehead atoms. The molecule has 2 heterocycles. The first kappa shape index (κ1) is 33.4. The van der Waals surface area contributed by atoms with Gasteiger partial charge in [-0.25, -0.2) is 9.97 Å².